The molecule has 5 heteroatoms. The van der Waals surface area contributed by atoms with Crippen molar-refractivity contribution in [3.8, 4) is 5.75 Å². The average Bonchev–Trinajstić information content (AvgIpc) is 3.52. The second kappa shape index (κ2) is 9.93. The minimum Gasteiger partial charge on any atom is -0.484 e. The van der Waals surface area contributed by atoms with Crippen LogP contribution < -0.4 is 15.4 Å². The van der Waals surface area contributed by atoms with Gasteiger partial charge in [-0.25, -0.2) is 0 Å². The second-order valence-corrected chi connectivity index (χ2v) is 7.27. The van der Waals surface area contributed by atoms with Gasteiger partial charge in [-0.1, -0.05) is 38.0 Å². The van der Waals surface area contributed by atoms with E-state index in [2.05, 4.69) is 17.6 Å². The van der Waals surface area contributed by atoms with Gasteiger partial charge in [-0.2, -0.15) is 0 Å². The van der Waals surface area contributed by atoms with Gasteiger partial charge in [0.05, 0.1) is 0 Å². The Morgan fingerprint density at radius 3 is 2.57 bits per heavy atom. The zero-order chi connectivity index (χ0) is 19.8. The van der Waals surface area contributed by atoms with E-state index in [1.54, 1.807) is 24.3 Å². The fraction of sp³-hybridized carbons (Fsp3) is 0.391. The van der Waals surface area contributed by atoms with Gasteiger partial charge >= 0.3 is 0 Å². The molecule has 2 amide bonds. The Labute approximate surface area is 166 Å². The lowest BCUT2D eigenvalue weighted by molar-refractivity contribution is -0.118. The van der Waals surface area contributed by atoms with Crippen LogP contribution in [0.2, 0.25) is 0 Å². The molecule has 2 aromatic rings. The molecule has 1 fully saturated rings. The summed E-state index contributed by atoms with van der Waals surface area (Å²) in [5.41, 5.74) is 2.42. The first kappa shape index (κ1) is 19.9. The van der Waals surface area contributed by atoms with E-state index in [9.17, 15) is 9.59 Å². The summed E-state index contributed by atoms with van der Waals surface area (Å²) in [6.45, 7) is 2.12. The topological polar surface area (TPSA) is 67.4 Å². The Morgan fingerprint density at radius 1 is 1.07 bits per heavy atom. The van der Waals surface area contributed by atoms with Gasteiger partial charge in [0.1, 0.15) is 5.75 Å². The monoisotopic (exact) mass is 380 g/mol. The highest BCUT2D eigenvalue weighted by atomic mass is 16.5. The number of hydrogen-bond donors (Lipinski definition) is 2. The van der Waals surface area contributed by atoms with Gasteiger partial charge in [-0.05, 0) is 61.6 Å². The molecule has 0 aliphatic heterocycles. The molecule has 5 nitrogen and oxygen atoms in total. The average molecular weight is 380 g/mol. The molecule has 3 rings (SSSR count). The highest BCUT2D eigenvalue weighted by Gasteiger charge is 2.23. The van der Waals surface area contributed by atoms with Crippen molar-refractivity contribution >= 4 is 17.5 Å². The lowest BCUT2D eigenvalue weighted by atomic mass is 10.1. The summed E-state index contributed by atoms with van der Waals surface area (Å²) in [6.07, 6.45) is 6.79. The van der Waals surface area contributed by atoms with Crippen LogP contribution in [0.4, 0.5) is 5.69 Å². The maximum atomic E-state index is 12.2. The van der Waals surface area contributed by atoms with E-state index in [0.717, 1.165) is 19.3 Å². The minimum absolute atomic E-state index is 0.0757. The molecule has 0 unspecified atom stereocenters. The third-order valence-corrected chi connectivity index (χ3v) is 4.68. The van der Waals surface area contributed by atoms with Gasteiger partial charge in [0.25, 0.3) is 11.8 Å². The number of anilines is 1. The quantitative estimate of drug-likeness (QED) is 0.603. The van der Waals surface area contributed by atoms with Crippen molar-refractivity contribution in [1.82, 2.24) is 5.32 Å². The zero-order valence-corrected chi connectivity index (χ0v) is 16.4. The molecule has 1 saturated carbocycles. The van der Waals surface area contributed by atoms with Crippen LogP contribution in [0.3, 0.4) is 0 Å². The van der Waals surface area contributed by atoms with E-state index in [0.29, 0.717) is 23.0 Å². The van der Waals surface area contributed by atoms with Gasteiger partial charge in [-0.3, -0.25) is 9.59 Å². The summed E-state index contributed by atoms with van der Waals surface area (Å²) in [5.74, 6) is 0.313. The Balaban J connectivity index is 1.45. The molecule has 0 aromatic heterocycles. The number of carbonyl (C=O) groups is 2. The summed E-state index contributed by atoms with van der Waals surface area (Å²) in [7, 11) is 0. The molecular weight excluding hydrogens is 352 g/mol. The van der Waals surface area contributed by atoms with Crippen molar-refractivity contribution in [3.05, 3.63) is 59.7 Å². The maximum Gasteiger partial charge on any atom is 0.262 e. The van der Waals surface area contributed by atoms with E-state index in [1.807, 2.05) is 24.3 Å². The fourth-order valence-corrected chi connectivity index (χ4v) is 2.91. The van der Waals surface area contributed by atoms with Crippen LogP contribution in [0.15, 0.2) is 48.5 Å². The Morgan fingerprint density at radius 2 is 1.86 bits per heavy atom. The fourth-order valence-electron chi connectivity index (χ4n) is 2.91. The van der Waals surface area contributed by atoms with Gasteiger partial charge in [0, 0.05) is 17.3 Å². The molecule has 2 N–H and O–H groups in total. The van der Waals surface area contributed by atoms with Crippen LogP contribution in [0.1, 0.15) is 54.9 Å². The van der Waals surface area contributed by atoms with Crippen LogP contribution in [0.5, 0.6) is 5.75 Å². The van der Waals surface area contributed by atoms with Crippen molar-refractivity contribution in [2.75, 3.05) is 11.9 Å². The van der Waals surface area contributed by atoms with Crippen LogP contribution in [-0.4, -0.2) is 24.5 Å². The Hall–Kier alpha value is -2.82. The SMILES string of the molecule is CCCCCc1ccc(OCC(=O)Nc2cccc(C(=O)NC3CC3)c2)cc1. The predicted molar refractivity (Wildman–Crippen MR) is 111 cm³/mol. The molecule has 2 aromatic carbocycles. The third-order valence-electron chi connectivity index (χ3n) is 4.68. The summed E-state index contributed by atoms with van der Waals surface area (Å²) in [5, 5.41) is 5.72. The van der Waals surface area contributed by atoms with Crippen LogP contribution >= 0.6 is 0 Å². The van der Waals surface area contributed by atoms with Crippen LogP contribution in [0, 0.1) is 0 Å². The number of ether oxygens (including phenoxy) is 1. The summed E-state index contributed by atoms with van der Waals surface area (Å²) in [6, 6.07) is 15.1. The maximum absolute atomic E-state index is 12.2. The first-order valence-corrected chi connectivity index (χ1v) is 10.1. The number of aryl methyl sites for hydroxylation is 1. The van der Waals surface area contributed by atoms with Gasteiger partial charge in [-0.15, -0.1) is 0 Å². The van der Waals surface area contributed by atoms with Gasteiger partial charge in [0.15, 0.2) is 6.61 Å². The van der Waals surface area contributed by atoms with E-state index in [1.165, 1.54) is 24.8 Å². The highest BCUT2D eigenvalue weighted by Crippen LogP contribution is 2.20. The molecule has 1 aliphatic carbocycles. The van der Waals surface area contributed by atoms with Crippen LogP contribution in [-0.2, 0) is 11.2 Å². The molecule has 0 atom stereocenters. The van der Waals surface area contributed by atoms with Crippen LogP contribution in [0.25, 0.3) is 0 Å². The second-order valence-electron chi connectivity index (χ2n) is 7.27. The van der Waals surface area contributed by atoms with Crippen molar-refractivity contribution in [2.45, 2.75) is 51.5 Å². The highest BCUT2D eigenvalue weighted by molar-refractivity contribution is 5.97. The van der Waals surface area contributed by atoms with Gasteiger partial charge < -0.3 is 15.4 Å². The number of benzene rings is 2. The summed E-state index contributed by atoms with van der Waals surface area (Å²) < 4.78 is 5.57. The van der Waals surface area contributed by atoms with Crippen molar-refractivity contribution in [2.24, 2.45) is 0 Å². The Bertz CT molecular complexity index is 798. The van der Waals surface area contributed by atoms with Crippen molar-refractivity contribution < 1.29 is 14.3 Å². The smallest absolute Gasteiger partial charge is 0.262 e. The van der Waals surface area contributed by atoms with Crippen molar-refractivity contribution in [1.29, 1.82) is 0 Å². The minimum atomic E-state index is -0.258. The summed E-state index contributed by atoms with van der Waals surface area (Å²) >= 11 is 0. The molecule has 0 bridgehead atoms. The standard InChI is InChI=1S/C23H28N2O3/c1-2-3-4-6-17-9-13-21(14-10-17)28-16-22(26)24-20-8-5-7-18(15-20)23(27)25-19-11-12-19/h5,7-10,13-15,19H,2-4,6,11-12,16H2,1H3,(H,24,26)(H,25,27). The number of rotatable bonds is 10. The lowest BCUT2D eigenvalue weighted by Crippen LogP contribution is -2.25. The molecule has 1 aliphatic rings. The number of nitrogens with one attached hydrogen (secondary N) is 2. The molecule has 0 saturated heterocycles. The Kier molecular flexibility index (Phi) is 7.06. The molecule has 0 spiro atoms. The van der Waals surface area contributed by atoms with E-state index >= 15 is 0 Å². The molecule has 0 radical (unpaired) electrons. The van der Waals surface area contributed by atoms with Gasteiger partial charge in [0.2, 0.25) is 0 Å². The van der Waals surface area contributed by atoms with E-state index in [-0.39, 0.29) is 18.4 Å². The molecule has 0 heterocycles. The molecule has 148 valence electrons. The number of carbonyl (C=O) groups excluding carboxylic acids is 2. The predicted octanol–water partition coefficient (Wildman–Crippen LogP) is 4.33. The largest absolute Gasteiger partial charge is 0.484 e. The van der Waals surface area contributed by atoms with E-state index < -0.39 is 0 Å². The normalized spacial score (nSPS) is 13.0. The first-order valence-electron chi connectivity index (χ1n) is 10.1. The third kappa shape index (κ3) is 6.41. The number of hydrogen-bond acceptors (Lipinski definition) is 3. The lowest BCUT2D eigenvalue weighted by Gasteiger charge is -2.10. The summed E-state index contributed by atoms with van der Waals surface area (Å²) in [4.78, 5) is 24.3. The number of amides is 2. The molecule has 28 heavy (non-hydrogen) atoms. The molecular formula is C23H28N2O3. The van der Waals surface area contributed by atoms with E-state index in [4.69, 9.17) is 4.74 Å². The number of unbranched alkanes of at least 4 members (excludes halogenated alkanes) is 2. The van der Waals surface area contributed by atoms with Crippen molar-refractivity contribution in [3.63, 3.8) is 0 Å². The first-order chi connectivity index (χ1) is 13.6. The zero-order valence-electron chi connectivity index (χ0n) is 16.4.